The van der Waals surface area contributed by atoms with Gasteiger partial charge in [0.2, 0.25) is 0 Å². The number of nitrogens with zero attached hydrogens (tertiary/aromatic N) is 2. The van der Waals surface area contributed by atoms with Crippen molar-refractivity contribution in [3.8, 4) is 0 Å². The second kappa shape index (κ2) is 6.51. The smallest absolute Gasteiger partial charge is 0.158 e. The summed E-state index contributed by atoms with van der Waals surface area (Å²) in [5, 5.41) is 3.24. The van der Waals surface area contributed by atoms with Crippen LogP contribution in [-0.4, -0.2) is 36.3 Å². The lowest BCUT2D eigenvalue weighted by atomic mass is 10.1. The standard InChI is InChI=1S/C12H20N4O2/c1-17-8-12-15-10(13)6-11(16-12)14-7-9-4-2-3-5-18-9/h6,9H,2-5,7-8H2,1H3,(H3,13,14,15,16). The fourth-order valence-electron chi connectivity index (χ4n) is 1.99. The number of rotatable bonds is 5. The van der Waals surface area contributed by atoms with E-state index >= 15 is 0 Å². The van der Waals surface area contributed by atoms with E-state index in [2.05, 4.69) is 15.3 Å². The Morgan fingerprint density at radius 1 is 1.50 bits per heavy atom. The summed E-state index contributed by atoms with van der Waals surface area (Å²) in [6.07, 6.45) is 3.75. The number of hydrogen-bond donors (Lipinski definition) is 2. The first-order chi connectivity index (χ1) is 8.78. The molecule has 100 valence electrons. The minimum absolute atomic E-state index is 0.265. The fraction of sp³-hybridized carbons (Fsp3) is 0.667. The van der Waals surface area contributed by atoms with Crippen molar-refractivity contribution in [1.82, 2.24) is 9.97 Å². The van der Waals surface area contributed by atoms with Crippen molar-refractivity contribution < 1.29 is 9.47 Å². The van der Waals surface area contributed by atoms with Crippen molar-refractivity contribution in [2.24, 2.45) is 0 Å². The predicted octanol–water partition coefficient (Wildman–Crippen LogP) is 1.19. The van der Waals surface area contributed by atoms with Crippen molar-refractivity contribution in [1.29, 1.82) is 0 Å². The van der Waals surface area contributed by atoms with Gasteiger partial charge in [-0.3, -0.25) is 0 Å². The van der Waals surface area contributed by atoms with Gasteiger partial charge in [-0.1, -0.05) is 0 Å². The maximum Gasteiger partial charge on any atom is 0.158 e. The molecule has 6 nitrogen and oxygen atoms in total. The number of anilines is 2. The maximum atomic E-state index is 5.72. The topological polar surface area (TPSA) is 82.3 Å². The Hall–Kier alpha value is -1.40. The number of methoxy groups -OCH3 is 1. The third-order valence-electron chi connectivity index (χ3n) is 2.85. The van der Waals surface area contributed by atoms with E-state index in [0.29, 0.717) is 18.2 Å². The van der Waals surface area contributed by atoms with Crippen LogP contribution in [0, 0.1) is 0 Å². The molecule has 1 atom stereocenters. The highest BCUT2D eigenvalue weighted by Crippen LogP contribution is 2.14. The quantitative estimate of drug-likeness (QED) is 0.819. The van der Waals surface area contributed by atoms with Crippen LogP contribution in [0.1, 0.15) is 25.1 Å². The molecule has 2 heterocycles. The van der Waals surface area contributed by atoms with E-state index in [4.69, 9.17) is 15.2 Å². The van der Waals surface area contributed by atoms with Crippen LogP contribution in [0.4, 0.5) is 11.6 Å². The lowest BCUT2D eigenvalue weighted by Gasteiger charge is -2.23. The first-order valence-corrected chi connectivity index (χ1v) is 6.26. The van der Waals surface area contributed by atoms with Crippen LogP contribution in [-0.2, 0) is 16.1 Å². The number of nitrogens with two attached hydrogens (primary N) is 1. The zero-order chi connectivity index (χ0) is 12.8. The predicted molar refractivity (Wildman–Crippen MR) is 69.2 cm³/mol. The van der Waals surface area contributed by atoms with Crippen LogP contribution in [0.25, 0.3) is 0 Å². The van der Waals surface area contributed by atoms with E-state index in [9.17, 15) is 0 Å². The average Bonchev–Trinajstić information content (AvgIpc) is 2.37. The van der Waals surface area contributed by atoms with Crippen LogP contribution < -0.4 is 11.1 Å². The Kier molecular flexibility index (Phi) is 4.72. The van der Waals surface area contributed by atoms with Crippen molar-refractivity contribution in [3.63, 3.8) is 0 Å². The van der Waals surface area contributed by atoms with Gasteiger partial charge in [0, 0.05) is 26.3 Å². The van der Waals surface area contributed by atoms with Gasteiger partial charge in [0.25, 0.3) is 0 Å². The molecule has 1 aromatic rings. The minimum atomic E-state index is 0.265. The Bertz CT molecular complexity index is 380. The molecule has 0 aromatic carbocycles. The van der Waals surface area contributed by atoms with E-state index in [0.717, 1.165) is 31.8 Å². The summed E-state index contributed by atoms with van der Waals surface area (Å²) in [6, 6.07) is 1.72. The van der Waals surface area contributed by atoms with E-state index in [-0.39, 0.29) is 6.10 Å². The molecule has 2 rings (SSSR count). The molecule has 18 heavy (non-hydrogen) atoms. The van der Waals surface area contributed by atoms with Gasteiger partial charge < -0.3 is 20.5 Å². The van der Waals surface area contributed by atoms with Crippen LogP contribution in [0.3, 0.4) is 0 Å². The van der Waals surface area contributed by atoms with Crippen molar-refractivity contribution in [2.75, 3.05) is 31.3 Å². The first kappa shape index (κ1) is 13.0. The van der Waals surface area contributed by atoms with Crippen LogP contribution in [0.5, 0.6) is 0 Å². The van der Waals surface area contributed by atoms with Gasteiger partial charge in [0.1, 0.15) is 18.2 Å². The van der Waals surface area contributed by atoms with Crippen molar-refractivity contribution >= 4 is 11.6 Å². The number of nitrogens with one attached hydrogen (secondary N) is 1. The van der Waals surface area contributed by atoms with Crippen LogP contribution in [0.2, 0.25) is 0 Å². The Balaban J connectivity index is 1.91. The largest absolute Gasteiger partial charge is 0.384 e. The SMILES string of the molecule is COCc1nc(N)cc(NCC2CCCCO2)n1. The number of ether oxygens (including phenoxy) is 2. The van der Waals surface area contributed by atoms with Crippen molar-refractivity contribution in [3.05, 3.63) is 11.9 Å². The molecule has 3 N–H and O–H groups in total. The van der Waals surface area contributed by atoms with E-state index in [1.54, 1.807) is 13.2 Å². The fourth-order valence-corrected chi connectivity index (χ4v) is 1.99. The molecule has 0 bridgehead atoms. The molecule has 0 aliphatic carbocycles. The second-order valence-electron chi connectivity index (χ2n) is 4.40. The van der Waals surface area contributed by atoms with E-state index in [1.165, 1.54) is 6.42 Å². The summed E-state index contributed by atoms with van der Waals surface area (Å²) in [7, 11) is 1.61. The third kappa shape index (κ3) is 3.82. The molecular weight excluding hydrogens is 232 g/mol. The van der Waals surface area contributed by atoms with E-state index < -0.39 is 0 Å². The molecule has 1 aliphatic rings. The molecule has 0 amide bonds. The summed E-state index contributed by atoms with van der Waals surface area (Å²) < 4.78 is 10.6. The molecule has 1 saturated heterocycles. The molecule has 0 radical (unpaired) electrons. The highest BCUT2D eigenvalue weighted by atomic mass is 16.5. The molecular formula is C12H20N4O2. The van der Waals surface area contributed by atoms with Crippen LogP contribution in [0.15, 0.2) is 6.07 Å². The molecule has 1 aliphatic heterocycles. The highest BCUT2D eigenvalue weighted by Gasteiger charge is 2.13. The summed E-state index contributed by atoms with van der Waals surface area (Å²) in [6.45, 7) is 1.97. The van der Waals surface area contributed by atoms with Gasteiger partial charge in [-0.2, -0.15) is 0 Å². The molecule has 0 spiro atoms. The Morgan fingerprint density at radius 2 is 2.39 bits per heavy atom. The zero-order valence-electron chi connectivity index (χ0n) is 10.7. The number of hydrogen-bond acceptors (Lipinski definition) is 6. The summed E-state index contributed by atoms with van der Waals surface area (Å²) in [5.41, 5.74) is 5.72. The first-order valence-electron chi connectivity index (χ1n) is 6.26. The van der Waals surface area contributed by atoms with E-state index in [1.807, 2.05) is 0 Å². The van der Waals surface area contributed by atoms with Gasteiger partial charge in [0.15, 0.2) is 5.82 Å². The minimum Gasteiger partial charge on any atom is -0.384 e. The maximum absolute atomic E-state index is 5.72. The molecule has 1 aromatic heterocycles. The molecule has 0 saturated carbocycles. The second-order valence-corrected chi connectivity index (χ2v) is 4.40. The molecule has 6 heteroatoms. The monoisotopic (exact) mass is 252 g/mol. The lowest BCUT2D eigenvalue weighted by Crippen LogP contribution is -2.27. The molecule has 1 fully saturated rings. The lowest BCUT2D eigenvalue weighted by molar-refractivity contribution is 0.0247. The number of aromatic nitrogens is 2. The van der Waals surface area contributed by atoms with Gasteiger partial charge in [-0.05, 0) is 19.3 Å². The highest BCUT2D eigenvalue weighted by molar-refractivity contribution is 5.44. The summed E-state index contributed by atoms with van der Waals surface area (Å²) >= 11 is 0. The van der Waals surface area contributed by atoms with Crippen molar-refractivity contribution in [2.45, 2.75) is 32.0 Å². The summed E-state index contributed by atoms with van der Waals surface area (Å²) in [4.78, 5) is 8.41. The molecule has 1 unspecified atom stereocenters. The van der Waals surface area contributed by atoms with Gasteiger partial charge in [-0.15, -0.1) is 0 Å². The normalized spacial score (nSPS) is 19.7. The average molecular weight is 252 g/mol. The van der Waals surface area contributed by atoms with Gasteiger partial charge in [0.05, 0.1) is 6.10 Å². The third-order valence-corrected chi connectivity index (χ3v) is 2.85. The van der Waals surface area contributed by atoms with Gasteiger partial charge >= 0.3 is 0 Å². The zero-order valence-corrected chi connectivity index (χ0v) is 10.7. The number of nitrogen functional groups attached to an aromatic ring is 1. The van der Waals surface area contributed by atoms with Gasteiger partial charge in [-0.25, -0.2) is 9.97 Å². The Labute approximate surface area is 107 Å². The Morgan fingerprint density at radius 3 is 3.11 bits per heavy atom. The van der Waals surface area contributed by atoms with Crippen LogP contribution >= 0.6 is 0 Å². The summed E-state index contributed by atoms with van der Waals surface area (Å²) in [5.74, 6) is 1.76.